The van der Waals surface area contributed by atoms with Crippen LogP contribution in [0.3, 0.4) is 0 Å². The SMILES string of the molecule is CCOC(=O)c1cccc(-c2ccc(C(=O)OC)cc2)c1. The molecule has 2 rings (SSSR count). The maximum absolute atomic E-state index is 11.7. The monoisotopic (exact) mass is 284 g/mol. The Morgan fingerprint density at radius 1 is 0.905 bits per heavy atom. The Bertz CT molecular complexity index is 644. The van der Waals surface area contributed by atoms with Gasteiger partial charge in [0.15, 0.2) is 0 Å². The molecule has 0 unspecified atom stereocenters. The zero-order valence-corrected chi connectivity index (χ0v) is 12.0. The van der Waals surface area contributed by atoms with Gasteiger partial charge < -0.3 is 9.47 Å². The van der Waals surface area contributed by atoms with Gasteiger partial charge in [-0.3, -0.25) is 0 Å². The molecule has 0 aliphatic heterocycles. The Morgan fingerprint density at radius 3 is 2.24 bits per heavy atom. The third-order valence-electron chi connectivity index (χ3n) is 3.01. The first-order valence-corrected chi connectivity index (χ1v) is 6.61. The van der Waals surface area contributed by atoms with Gasteiger partial charge in [0.05, 0.1) is 24.8 Å². The Labute approximate surface area is 123 Å². The van der Waals surface area contributed by atoms with Crippen LogP contribution in [0, 0.1) is 0 Å². The second kappa shape index (κ2) is 6.70. The van der Waals surface area contributed by atoms with Gasteiger partial charge in [-0.2, -0.15) is 0 Å². The van der Waals surface area contributed by atoms with E-state index in [-0.39, 0.29) is 11.9 Å². The zero-order chi connectivity index (χ0) is 15.2. The van der Waals surface area contributed by atoms with Gasteiger partial charge in [0, 0.05) is 0 Å². The number of ether oxygens (including phenoxy) is 2. The van der Waals surface area contributed by atoms with Crippen LogP contribution in [0.15, 0.2) is 48.5 Å². The summed E-state index contributed by atoms with van der Waals surface area (Å²) in [7, 11) is 1.35. The van der Waals surface area contributed by atoms with Crippen molar-refractivity contribution in [2.24, 2.45) is 0 Å². The molecule has 0 heterocycles. The van der Waals surface area contributed by atoms with Gasteiger partial charge in [-0.1, -0.05) is 24.3 Å². The molecule has 0 saturated carbocycles. The molecule has 0 amide bonds. The number of methoxy groups -OCH3 is 1. The van der Waals surface area contributed by atoms with Crippen molar-refractivity contribution >= 4 is 11.9 Å². The molecule has 2 aromatic rings. The highest BCUT2D eigenvalue weighted by Crippen LogP contribution is 2.21. The van der Waals surface area contributed by atoms with Crippen LogP contribution in [-0.2, 0) is 9.47 Å². The lowest BCUT2D eigenvalue weighted by molar-refractivity contribution is 0.0525. The van der Waals surface area contributed by atoms with Crippen LogP contribution in [0.1, 0.15) is 27.6 Å². The fourth-order valence-corrected chi connectivity index (χ4v) is 1.96. The number of carbonyl (C=O) groups is 2. The topological polar surface area (TPSA) is 52.6 Å². The highest BCUT2D eigenvalue weighted by atomic mass is 16.5. The summed E-state index contributed by atoms with van der Waals surface area (Å²) < 4.78 is 9.64. The van der Waals surface area contributed by atoms with Crippen LogP contribution in [-0.4, -0.2) is 25.7 Å². The third-order valence-corrected chi connectivity index (χ3v) is 3.01. The van der Waals surface area contributed by atoms with E-state index in [1.54, 1.807) is 37.3 Å². The molecule has 0 aliphatic rings. The summed E-state index contributed by atoms with van der Waals surface area (Å²) in [5.74, 6) is -0.715. The van der Waals surface area contributed by atoms with Gasteiger partial charge in [-0.15, -0.1) is 0 Å². The van der Waals surface area contributed by atoms with E-state index in [0.29, 0.717) is 17.7 Å². The number of carbonyl (C=O) groups excluding carboxylic acids is 2. The molecular weight excluding hydrogens is 268 g/mol. The van der Waals surface area contributed by atoms with Crippen molar-refractivity contribution < 1.29 is 19.1 Å². The second-order valence-corrected chi connectivity index (χ2v) is 4.37. The first kappa shape index (κ1) is 14.8. The quantitative estimate of drug-likeness (QED) is 0.808. The van der Waals surface area contributed by atoms with Crippen molar-refractivity contribution in [3.63, 3.8) is 0 Å². The number of hydrogen-bond donors (Lipinski definition) is 0. The van der Waals surface area contributed by atoms with E-state index in [1.807, 2.05) is 18.2 Å². The van der Waals surface area contributed by atoms with E-state index in [0.717, 1.165) is 11.1 Å². The normalized spacial score (nSPS) is 10.0. The van der Waals surface area contributed by atoms with Crippen LogP contribution >= 0.6 is 0 Å². The fourth-order valence-electron chi connectivity index (χ4n) is 1.96. The summed E-state index contributed by atoms with van der Waals surface area (Å²) >= 11 is 0. The lowest BCUT2D eigenvalue weighted by Gasteiger charge is -2.06. The number of rotatable bonds is 4. The highest BCUT2D eigenvalue weighted by Gasteiger charge is 2.09. The van der Waals surface area contributed by atoms with Crippen molar-refractivity contribution in [3.05, 3.63) is 59.7 Å². The second-order valence-electron chi connectivity index (χ2n) is 4.37. The molecule has 2 aromatic carbocycles. The molecule has 21 heavy (non-hydrogen) atoms. The molecule has 0 fully saturated rings. The van der Waals surface area contributed by atoms with Gasteiger partial charge in [-0.05, 0) is 42.3 Å². The first-order valence-electron chi connectivity index (χ1n) is 6.61. The van der Waals surface area contributed by atoms with E-state index < -0.39 is 0 Å². The maximum atomic E-state index is 11.7. The summed E-state index contributed by atoms with van der Waals surface area (Å²) in [6, 6.07) is 14.2. The predicted octanol–water partition coefficient (Wildman–Crippen LogP) is 3.32. The van der Waals surface area contributed by atoms with E-state index >= 15 is 0 Å². The first-order chi connectivity index (χ1) is 10.2. The van der Waals surface area contributed by atoms with E-state index in [1.165, 1.54) is 7.11 Å². The van der Waals surface area contributed by atoms with Gasteiger partial charge >= 0.3 is 11.9 Å². The summed E-state index contributed by atoms with van der Waals surface area (Å²) in [4.78, 5) is 23.1. The molecule has 0 bridgehead atoms. The van der Waals surface area contributed by atoms with Crippen LogP contribution in [0.25, 0.3) is 11.1 Å². The third kappa shape index (κ3) is 3.48. The summed E-state index contributed by atoms with van der Waals surface area (Å²) in [5.41, 5.74) is 2.79. The van der Waals surface area contributed by atoms with Crippen molar-refractivity contribution in [3.8, 4) is 11.1 Å². The minimum Gasteiger partial charge on any atom is -0.465 e. The number of hydrogen-bond acceptors (Lipinski definition) is 4. The summed E-state index contributed by atoms with van der Waals surface area (Å²) in [6.45, 7) is 2.12. The van der Waals surface area contributed by atoms with Crippen molar-refractivity contribution in [1.29, 1.82) is 0 Å². The molecule has 0 radical (unpaired) electrons. The van der Waals surface area contributed by atoms with Crippen LogP contribution < -0.4 is 0 Å². The smallest absolute Gasteiger partial charge is 0.338 e. The Balaban J connectivity index is 2.28. The van der Waals surface area contributed by atoms with Gasteiger partial charge in [0.25, 0.3) is 0 Å². The average molecular weight is 284 g/mol. The van der Waals surface area contributed by atoms with Crippen LogP contribution in [0.5, 0.6) is 0 Å². The molecule has 0 atom stereocenters. The standard InChI is InChI=1S/C17H16O4/c1-3-21-17(19)15-6-4-5-14(11-15)12-7-9-13(10-8-12)16(18)20-2/h4-11H,3H2,1-2H3. The largest absolute Gasteiger partial charge is 0.465 e. The molecule has 0 N–H and O–H groups in total. The molecule has 0 spiro atoms. The van der Waals surface area contributed by atoms with E-state index in [9.17, 15) is 9.59 Å². The maximum Gasteiger partial charge on any atom is 0.338 e. The highest BCUT2D eigenvalue weighted by molar-refractivity contribution is 5.92. The molecule has 4 heteroatoms. The summed E-state index contributed by atoms with van der Waals surface area (Å²) in [5, 5.41) is 0. The van der Waals surface area contributed by atoms with Gasteiger partial charge in [-0.25, -0.2) is 9.59 Å². The average Bonchev–Trinajstić information content (AvgIpc) is 2.54. The Hall–Kier alpha value is -2.62. The Kier molecular flexibility index (Phi) is 4.72. The van der Waals surface area contributed by atoms with Gasteiger partial charge in [0.2, 0.25) is 0 Å². The fraction of sp³-hybridized carbons (Fsp3) is 0.176. The van der Waals surface area contributed by atoms with E-state index in [4.69, 9.17) is 4.74 Å². The van der Waals surface area contributed by atoms with Crippen molar-refractivity contribution in [1.82, 2.24) is 0 Å². The minimum atomic E-state index is -0.373. The van der Waals surface area contributed by atoms with Crippen molar-refractivity contribution in [2.45, 2.75) is 6.92 Å². The van der Waals surface area contributed by atoms with Crippen molar-refractivity contribution in [2.75, 3.05) is 13.7 Å². The van der Waals surface area contributed by atoms with Crippen LogP contribution in [0.2, 0.25) is 0 Å². The molecule has 0 aromatic heterocycles. The Morgan fingerprint density at radius 2 is 1.62 bits per heavy atom. The van der Waals surface area contributed by atoms with Crippen LogP contribution in [0.4, 0.5) is 0 Å². The number of esters is 2. The molecule has 108 valence electrons. The minimum absolute atomic E-state index is 0.342. The zero-order valence-electron chi connectivity index (χ0n) is 12.0. The predicted molar refractivity (Wildman–Crippen MR) is 79.2 cm³/mol. The lowest BCUT2D eigenvalue weighted by atomic mass is 10.0. The number of benzene rings is 2. The molecule has 0 aliphatic carbocycles. The molecule has 0 saturated heterocycles. The molecule has 4 nitrogen and oxygen atoms in total. The van der Waals surface area contributed by atoms with Gasteiger partial charge in [0.1, 0.15) is 0 Å². The molecular formula is C17H16O4. The lowest BCUT2D eigenvalue weighted by Crippen LogP contribution is -2.04. The van der Waals surface area contributed by atoms with E-state index in [2.05, 4.69) is 4.74 Å². The summed E-state index contributed by atoms with van der Waals surface area (Å²) in [6.07, 6.45) is 0.